The van der Waals surface area contributed by atoms with Crippen molar-refractivity contribution in [1.29, 1.82) is 0 Å². The van der Waals surface area contributed by atoms with Gasteiger partial charge in [-0.15, -0.1) is 0 Å². The van der Waals surface area contributed by atoms with Crippen molar-refractivity contribution in [3.05, 3.63) is 11.6 Å². The van der Waals surface area contributed by atoms with Crippen LogP contribution in [0, 0.1) is 0 Å². The molecule has 0 bridgehead atoms. The summed E-state index contributed by atoms with van der Waals surface area (Å²) in [6, 6.07) is 0. The Hall–Kier alpha value is -0.800. The topological polar surface area (TPSA) is 80.8 Å². The molecule has 0 radical (unpaired) electrons. The quantitative estimate of drug-likeness (QED) is 0.478. The predicted molar refractivity (Wildman–Crippen MR) is 117 cm³/mol. The van der Waals surface area contributed by atoms with Crippen LogP contribution >= 0.6 is 11.8 Å². The number of thioether (sulfide) groups is 1. The molecule has 8 heteroatoms. The van der Waals surface area contributed by atoms with Crippen LogP contribution in [0.3, 0.4) is 0 Å². The number of carbonyl (C=O) groups excluding carboxylic acids is 1. The van der Waals surface area contributed by atoms with Gasteiger partial charge in [-0.1, -0.05) is 11.6 Å². The summed E-state index contributed by atoms with van der Waals surface area (Å²) in [4.78, 5) is 14.9. The Labute approximate surface area is 184 Å². The highest BCUT2D eigenvalue weighted by Crippen LogP contribution is 2.59. The highest BCUT2D eigenvalue weighted by atomic mass is 32.2. The molecule has 2 saturated heterocycles. The smallest absolute Gasteiger partial charge is 0.410 e. The number of nitrogens with zero attached hydrogens (tertiary/aromatic N) is 1. The first-order valence-electron chi connectivity index (χ1n) is 10.8. The third kappa shape index (κ3) is 4.13. The molecule has 2 aliphatic heterocycles. The van der Waals surface area contributed by atoms with E-state index in [4.69, 9.17) is 18.9 Å². The summed E-state index contributed by atoms with van der Waals surface area (Å²) < 4.78 is 23.9. The average Bonchev–Trinajstić information content (AvgIpc) is 3.40. The molecule has 3 fully saturated rings. The zero-order valence-corrected chi connectivity index (χ0v) is 19.8. The highest BCUT2D eigenvalue weighted by Gasteiger charge is 2.78. The second-order valence-electron chi connectivity index (χ2n) is 9.01. The third-order valence-corrected chi connectivity index (χ3v) is 7.57. The van der Waals surface area contributed by atoms with Crippen LogP contribution in [0.4, 0.5) is 4.79 Å². The van der Waals surface area contributed by atoms with Gasteiger partial charge in [-0.05, 0) is 52.7 Å². The Balaban J connectivity index is 2.00. The van der Waals surface area contributed by atoms with Gasteiger partial charge in [0.25, 0.3) is 0 Å². The molecule has 5 atom stereocenters. The van der Waals surface area contributed by atoms with Crippen LogP contribution < -0.4 is 0 Å². The maximum absolute atomic E-state index is 13.3. The molecule has 1 saturated carbocycles. The van der Waals surface area contributed by atoms with E-state index in [1.807, 2.05) is 13.2 Å². The SMILES string of the molecule is COC1CCCC(O)(CSC)C1(OC(=O)N1CCOCC1)C1(C)OC1CC=C(C)C. The Morgan fingerprint density at radius 2 is 2.03 bits per heavy atom. The van der Waals surface area contributed by atoms with E-state index in [0.29, 0.717) is 51.3 Å². The molecule has 30 heavy (non-hydrogen) atoms. The van der Waals surface area contributed by atoms with E-state index < -0.39 is 29.0 Å². The van der Waals surface area contributed by atoms with Crippen LogP contribution in [0.5, 0.6) is 0 Å². The number of aliphatic hydroxyl groups is 1. The normalized spacial score (nSPS) is 38.8. The number of methoxy groups -OCH3 is 1. The maximum Gasteiger partial charge on any atom is 0.410 e. The molecule has 7 nitrogen and oxygen atoms in total. The van der Waals surface area contributed by atoms with E-state index in [1.165, 1.54) is 5.57 Å². The summed E-state index contributed by atoms with van der Waals surface area (Å²) in [6.07, 6.45) is 5.83. The van der Waals surface area contributed by atoms with E-state index in [-0.39, 0.29) is 6.10 Å². The van der Waals surface area contributed by atoms with Gasteiger partial charge in [0, 0.05) is 26.0 Å². The minimum atomic E-state index is -1.29. The molecule has 1 amide bonds. The molecule has 0 aromatic rings. The van der Waals surface area contributed by atoms with Gasteiger partial charge in [0.05, 0.1) is 19.3 Å². The Kier molecular flexibility index (Phi) is 7.45. The van der Waals surface area contributed by atoms with Crippen molar-refractivity contribution in [2.75, 3.05) is 45.4 Å². The van der Waals surface area contributed by atoms with Crippen LogP contribution in [0.15, 0.2) is 11.6 Å². The van der Waals surface area contributed by atoms with Gasteiger partial charge in [0.2, 0.25) is 0 Å². The largest absolute Gasteiger partial charge is 0.434 e. The van der Waals surface area contributed by atoms with Crippen molar-refractivity contribution in [1.82, 2.24) is 4.90 Å². The number of morpholine rings is 1. The van der Waals surface area contributed by atoms with Crippen LogP contribution in [0.25, 0.3) is 0 Å². The van der Waals surface area contributed by atoms with Crippen LogP contribution in [-0.4, -0.2) is 90.5 Å². The number of ether oxygens (including phenoxy) is 4. The second kappa shape index (κ2) is 9.36. The molecular formula is C22H37NO6S. The van der Waals surface area contributed by atoms with Crippen molar-refractivity contribution >= 4 is 17.9 Å². The number of hydrogen-bond donors (Lipinski definition) is 1. The third-order valence-electron chi connectivity index (χ3n) is 6.81. The number of amides is 1. The minimum Gasteiger partial charge on any atom is -0.434 e. The Morgan fingerprint density at radius 1 is 1.33 bits per heavy atom. The molecule has 1 N–H and O–H groups in total. The van der Waals surface area contributed by atoms with Crippen molar-refractivity contribution in [3.8, 4) is 0 Å². The van der Waals surface area contributed by atoms with Gasteiger partial charge in [-0.3, -0.25) is 0 Å². The Bertz CT molecular complexity index is 646. The van der Waals surface area contributed by atoms with Crippen molar-refractivity contribution < 1.29 is 28.8 Å². The fraction of sp³-hybridized carbons (Fsp3) is 0.864. The van der Waals surface area contributed by atoms with E-state index in [0.717, 1.165) is 6.42 Å². The lowest BCUT2D eigenvalue weighted by Gasteiger charge is -2.55. The monoisotopic (exact) mass is 443 g/mol. The zero-order chi connectivity index (χ0) is 22.0. The van der Waals surface area contributed by atoms with Gasteiger partial charge in [-0.25, -0.2) is 4.79 Å². The minimum absolute atomic E-state index is 0.144. The highest BCUT2D eigenvalue weighted by molar-refractivity contribution is 7.98. The molecule has 0 spiro atoms. The summed E-state index contributed by atoms with van der Waals surface area (Å²) in [5.74, 6) is 0.442. The molecule has 2 heterocycles. The molecular weight excluding hydrogens is 406 g/mol. The molecule has 1 aliphatic carbocycles. The van der Waals surface area contributed by atoms with Gasteiger partial charge in [0.1, 0.15) is 17.3 Å². The molecule has 172 valence electrons. The van der Waals surface area contributed by atoms with Gasteiger partial charge >= 0.3 is 6.09 Å². The molecule has 0 aromatic carbocycles. The summed E-state index contributed by atoms with van der Waals surface area (Å²) in [5.41, 5.74) is -2.15. The van der Waals surface area contributed by atoms with Crippen molar-refractivity contribution in [3.63, 3.8) is 0 Å². The standard InChI is InChI=1S/C22H37NO6S/c1-16(2)8-9-17-20(3,28-17)22(29-19(24)23-11-13-27-14-12-23)18(26-4)7-6-10-21(22,25)15-30-5/h8,17-18,25H,6-7,9-15H2,1-5H3. The van der Waals surface area contributed by atoms with Gasteiger partial charge in [-0.2, -0.15) is 11.8 Å². The summed E-state index contributed by atoms with van der Waals surface area (Å²) in [7, 11) is 1.63. The zero-order valence-electron chi connectivity index (χ0n) is 18.9. The number of carbonyl (C=O) groups is 1. The lowest BCUT2D eigenvalue weighted by Crippen LogP contribution is -2.74. The van der Waals surface area contributed by atoms with Crippen molar-refractivity contribution in [2.24, 2.45) is 0 Å². The molecule has 3 aliphatic rings. The molecule has 5 unspecified atom stereocenters. The first kappa shape index (κ1) is 23.9. The fourth-order valence-electron chi connectivity index (χ4n) is 5.17. The van der Waals surface area contributed by atoms with E-state index in [9.17, 15) is 9.90 Å². The van der Waals surface area contributed by atoms with Gasteiger partial charge < -0.3 is 29.0 Å². The van der Waals surface area contributed by atoms with E-state index in [2.05, 4.69) is 19.9 Å². The van der Waals surface area contributed by atoms with Crippen LogP contribution in [-0.2, 0) is 18.9 Å². The lowest BCUT2D eigenvalue weighted by atomic mass is 9.63. The van der Waals surface area contributed by atoms with Crippen molar-refractivity contribution in [2.45, 2.75) is 75.5 Å². The fourth-order valence-corrected chi connectivity index (χ4v) is 6.00. The van der Waals surface area contributed by atoms with E-state index in [1.54, 1.807) is 23.8 Å². The maximum atomic E-state index is 13.3. The van der Waals surface area contributed by atoms with Gasteiger partial charge in [0.15, 0.2) is 5.60 Å². The van der Waals surface area contributed by atoms with Crippen LogP contribution in [0.1, 0.15) is 46.5 Å². The summed E-state index contributed by atoms with van der Waals surface area (Å²) in [6.45, 7) is 8.00. The first-order chi connectivity index (χ1) is 14.2. The Morgan fingerprint density at radius 3 is 2.63 bits per heavy atom. The lowest BCUT2D eigenvalue weighted by molar-refractivity contribution is -0.249. The first-order valence-corrected chi connectivity index (χ1v) is 12.2. The number of rotatable bonds is 7. The molecule has 0 aromatic heterocycles. The summed E-state index contributed by atoms with van der Waals surface area (Å²) >= 11 is 1.55. The predicted octanol–water partition coefficient (Wildman–Crippen LogP) is 3.00. The average molecular weight is 444 g/mol. The van der Waals surface area contributed by atoms with Crippen LogP contribution in [0.2, 0.25) is 0 Å². The number of epoxide rings is 1. The van der Waals surface area contributed by atoms with E-state index >= 15 is 0 Å². The summed E-state index contributed by atoms with van der Waals surface area (Å²) in [5, 5.41) is 12.0. The number of allylic oxidation sites excluding steroid dienone is 1. The number of hydrogen-bond acceptors (Lipinski definition) is 7. The molecule has 3 rings (SSSR count). The second-order valence-corrected chi connectivity index (χ2v) is 9.88.